The lowest BCUT2D eigenvalue weighted by Gasteiger charge is -2.03. The summed E-state index contributed by atoms with van der Waals surface area (Å²) < 4.78 is 1.65. The van der Waals surface area contributed by atoms with E-state index in [0.717, 1.165) is 11.1 Å². The molecule has 0 bridgehead atoms. The zero-order chi connectivity index (χ0) is 14.1. The second-order valence-corrected chi connectivity index (χ2v) is 4.40. The van der Waals surface area contributed by atoms with Crippen LogP contribution in [-0.2, 0) is 11.3 Å². The standard InChI is InChI=1S/C13H12N4O3/c18-11(19)7-14-5-8-6-15-17-10-4-2-1-3-9(10)13(20)16-12(8)17/h1-4,6,14H,5,7H2,(H,16,20)(H,18,19). The quantitative estimate of drug-likeness (QED) is 0.636. The van der Waals surface area contributed by atoms with Crippen LogP contribution < -0.4 is 10.9 Å². The lowest BCUT2D eigenvalue weighted by molar-refractivity contribution is -0.135. The highest BCUT2D eigenvalue weighted by Gasteiger charge is 2.10. The van der Waals surface area contributed by atoms with Crippen molar-refractivity contribution >= 4 is 22.5 Å². The second kappa shape index (κ2) is 4.78. The largest absolute Gasteiger partial charge is 0.480 e. The van der Waals surface area contributed by atoms with Crippen molar-refractivity contribution in [1.82, 2.24) is 19.9 Å². The molecule has 0 saturated heterocycles. The number of carbonyl (C=O) groups is 1. The second-order valence-electron chi connectivity index (χ2n) is 4.40. The van der Waals surface area contributed by atoms with E-state index in [0.29, 0.717) is 17.6 Å². The Labute approximate surface area is 112 Å². The van der Waals surface area contributed by atoms with Crippen LogP contribution in [0, 0.1) is 0 Å². The van der Waals surface area contributed by atoms with Gasteiger partial charge in [0.05, 0.1) is 23.6 Å². The average Bonchev–Trinajstić information content (AvgIpc) is 2.82. The van der Waals surface area contributed by atoms with E-state index >= 15 is 0 Å². The van der Waals surface area contributed by atoms with Crippen LogP contribution in [0.2, 0.25) is 0 Å². The van der Waals surface area contributed by atoms with Gasteiger partial charge in [-0.25, -0.2) is 4.52 Å². The zero-order valence-electron chi connectivity index (χ0n) is 10.5. The first-order valence-corrected chi connectivity index (χ1v) is 6.07. The maximum Gasteiger partial charge on any atom is 0.317 e. The van der Waals surface area contributed by atoms with Gasteiger partial charge in [0.25, 0.3) is 5.56 Å². The Balaban J connectivity index is 2.08. The average molecular weight is 272 g/mol. The molecule has 3 N–H and O–H groups in total. The van der Waals surface area contributed by atoms with E-state index in [2.05, 4.69) is 15.4 Å². The summed E-state index contributed by atoms with van der Waals surface area (Å²) in [5, 5.41) is 16.2. The van der Waals surface area contributed by atoms with Gasteiger partial charge >= 0.3 is 5.97 Å². The molecule has 0 aliphatic rings. The third kappa shape index (κ3) is 2.04. The molecule has 1 aromatic carbocycles. The number of rotatable bonds is 4. The van der Waals surface area contributed by atoms with Crippen molar-refractivity contribution in [3.63, 3.8) is 0 Å². The minimum absolute atomic E-state index is 0.144. The summed E-state index contributed by atoms with van der Waals surface area (Å²) in [6, 6.07) is 7.18. The molecular formula is C13H12N4O3. The number of aliphatic carboxylic acids is 1. The molecule has 0 atom stereocenters. The van der Waals surface area contributed by atoms with E-state index < -0.39 is 5.97 Å². The van der Waals surface area contributed by atoms with E-state index in [1.807, 2.05) is 12.1 Å². The molecule has 0 unspecified atom stereocenters. The fourth-order valence-corrected chi connectivity index (χ4v) is 2.16. The van der Waals surface area contributed by atoms with Gasteiger partial charge in [-0.1, -0.05) is 12.1 Å². The Bertz CT molecular complexity index is 850. The number of H-pyrrole nitrogens is 1. The Kier molecular flexibility index (Phi) is 2.96. The first kappa shape index (κ1) is 12.4. The van der Waals surface area contributed by atoms with Crippen LogP contribution in [0.25, 0.3) is 16.6 Å². The zero-order valence-corrected chi connectivity index (χ0v) is 10.5. The van der Waals surface area contributed by atoms with Crippen LogP contribution in [0.5, 0.6) is 0 Å². The number of hydrogen-bond acceptors (Lipinski definition) is 4. The SMILES string of the molecule is O=C(O)CNCc1cnn2c1[nH]c(=O)c1ccccc12. The van der Waals surface area contributed by atoms with Crippen molar-refractivity contribution in [3.05, 3.63) is 46.4 Å². The van der Waals surface area contributed by atoms with Gasteiger partial charge in [0.2, 0.25) is 0 Å². The summed E-state index contributed by atoms with van der Waals surface area (Å²) >= 11 is 0. The van der Waals surface area contributed by atoms with Gasteiger partial charge in [-0.3, -0.25) is 9.59 Å². The smallest absolute Gasteiger partial charge is 0.317 e. The summed E-state index contributed by atoms with van der Waals surface area (Å²) in [6.45, 7) is 0.180. The molecular weight excluding hydrogens is 260 g/mol. The first-order valence-electron chi connectivity index (χ1n) is 6.07. The summed E-state index contributed by atoms with van der Waals surface area (Å²) in [5.74, 6) is -0.930. The predicted octanol–water partition coefficient (Wildman–Crippen LogP) is 0.350. The molecule has 7 heteroatoms. The van der Waals surface area contributed by atoms with Gasteiger partial charge in [-0.2, -0.15) is 5.10 Å². The highest BCUT2D eigenvalue weighted by molar-refractivity contribution is 5.80. The summed E-state index contributed by atoms with van der Waals surface area (Å²) in [6.07, 6.45) is 1.62. The molecule has 7 nitrogen and oxygen atoms in total. The van der Waals surface area contributed by atoms with Crippen LogP contribution in [0.3, 0.4) is 0 Å². The molecule has 0 spiro atoms. The predicted molar refractivity (Wildman–Crippen MR) is 72.7 cm³/mol. The van der Waals surface area contributed by atoms with Crippen LogP contribution in [0.1, 0.15) is 5.56 Å². The molecule has 0 aliphatic heterocycles. The van der Waals surface area contributed by atoms with Crippen molar-refractivity contribution in [1.29, 1.82) is 0 Å². The molecule has 102 valence electrons. The van der Waals surface area contributed by atoms with Gasteiger partial charge in [-0.05, 0) is 12.1 Å². The van der Waals surface area contributed by atoms with Crippen molar-refractivity contribution in [2.75, 3.05) is 6.54 Å². The summed E-state index contributed by atoms with van der Waals surface area (Å²) in [7, 11) is 0. The van der Waals surface area contributed by atoms with Crippen LogP contribution >= 0.6 is 0 Å². The number of nitrogens with zero attached hydrogens (tertiary/aromatic N) is 2. The van der Waals surface area contributed by atoms with Crippen molar-refractivity contribution in [3.8, 4) is 0 Å². The van der Waals surface area contributed by atoms with Crippen molar-refractivity contribution < 1.29 is 9.90 Å². The molecule has 0 saturated carbocycles. The van der Waals surface area contributed by atoms with E-state index in [4.69, 9.17) is 5.11 Å². The monoisotopic (exact) mass is 272 g/mol. The molecule has 2 aromatic heterocycles. The van der Waals surface area contributed by atoms with Crippen molar-refractivity contribution in [2.45, 2.75) is 6.54 Å². The molecule has 0 fully saturated rings. The Morgan fingerprint density at radius 1 is 1.40 bits per heavy atom. The normalized spacial score (nSPS) is 11.2. The van der Waals surface area contributed by atoms with E-state index in [9.17, 15) is 9.59 Å². The Hall–Kier alpha value is -2.67. The topological polar surface area (TPSA) is 99.5 Å². The van der Waals surface area contributed by atoms with Gasteiger partial charge in [0.1, 0.15) is 5.65 Å². The number of hydrogen-bond donors (Lipinski definition) is 3. The minimum Gasteiger partial charge on any atom is -0.480 e. The van der Waals surface area contributed by atoms with E-state index in [1.54, 1.807) is 22.8 Å². The maximum atomic E-state index is 12.0. The number of para-hydroxylation sites is 1. The van der Waals surface area contributed by atoms with Gasteiger partial charge in [0.15, 0.2) is 0 Å². The highest BCUT2D eigenvalue weighted by atomic mass is 16.4. The number of nitrogens with one attached hydrogen (secondary N) is 2. The van der Waals surface area contributed by atoms with Gasteiger partial charge < -0.3 is 15.4 Å². The molecule has 0 aliphatic carbocycles. The number of fused-ring (bicyclic) bond motifs is 3. The van der Waals surface area contributed by atoms with Crippen LogP contribution in [-0.4, -0.2) is 32.2 Å². The number of benzene rings is 1. The number of carboxylic acids is 1. The maximum absolute atomic E-state index is 12.0. The van der Waals surface area contributed by atoms with E-state index in [1.165, 1.54) is 0 Å². The van der Waals surface area contributed by atoms with Crippen LogP contribution in [0.15, 0.2) is 35.3 Å². The fraction of sp³-hybridized carbons (Fsp3) is 0.154. The first-order chi connectivity index (χ1) is 9.66. The molecule has 0 radical (unpaired) electrons. The third-order valence-corrected chi connectivity index (χ3v) is 3.05. The minimum atomic E-state index is -0.930. The number of carboxylic acid groups (broad SMARTS) is 1. The lowest BCUT2D eigenvalue weighted by atomic mass is 10.2. The molecule has 2 heterocycles. The Morgan fingerprint density at radius 3 is 3.00 bits per heavy atom. The summed E-state index contributed by atoms with van der Waals surface area (Å²) in [5.41, 5.74) is 1.85. The number of aromatic amines is 1. The number of aromatic nitrogens is 3. The Morgan fingerprint density at radius 2 is 2.20 bits per heavy atom. The third-order valence-electron chi connectivity index (χ3n) is 3.05. The summed E-state index contributed by atoms with van der Waals surface area (Å²) in [4.78, 5) is 25.3. The van der Waals surface area contributed by atoms with Crippen molar-refractivity contribution in [2.24, 2.45) is 0 Å². The van der Waals surface area contributed by atoms with E-state index in [-0.39, 0.29) is 12.1 Å². The molecule has 3 rings (SSSR count). The van der Waals surface area contributed by atoms with Gasteiger partial charge in [-0.15, -0.1) is 0 Å². The lowest BCUT2D eigenvalue weighted by Crippen LogP contribution is -2.22. The molecule has 20 heavy (non-hydrogen) atoms. The molecule has 3 aromatic rings. The molecule has 0 amide bonds. The van der Waals surface area contributed by atoms with Gasteiger partial charge in [0, 0.05) is 12.1 Å². The fourth-order valence-electron chi connectivity index (χ4n) is 2.16. The van der Waals surface area contributed by atoms with Crippen LogP contribution in [0.4, 0.5) is 0 Å². The highest BCUT2D eigenvalue weighted by Crippen LogP contribution is 2.13.